The minimum absolute atomic E-state index is 0.0951. The summed E-state index contributed by atoms with van der Waals surface area (Å²) in [7, 11) is 0. The molecule has 0 aliphatic carbocycles. The molecule has 0 bridgehead atoms. The Morgan fingerprint density at radius 3 is 2.68 bits per heavy atom. The highest BCUT2D eigenvalue weighted by atomic mass is 16.7. The van der Waals surface area contributed by atoms with Crippen LogP contribution in [0.1, 0.15) is 29.9 Å². The van der Waals surface area contributed by atoms with E-state index in [0.717, 1.165) is 49.9 Å². The van der Waals surface area contributed by atoms with Crippen molar-refractivity contribution >= 4 is 11.6 Å². The molecule has 1 aromatic heterocycles. The fourth-order valence-electron chi connectivity index (χ4n) is 3.54. The molecular formula is C21H26N4O3. The Morgan fingerprint density at radius 2 is 1.89 bits per heavy atom. The molecule has 7 heteroatoms. The molecule has 4 rings (SSSR count). The molecule has 1 amide bonds. The average Bonchev–Trinajstić information content (AvgIpc) is 3.16. The van der Waals surface area contributed by atoms with Crippen molar-refractivity contribution in [2.45, 2.75) is 26.4 Å². The summed E-state index contributed by atoms with van der Waals surface area (Å²) in [5, 5.41) is 2.89. The number of nitrogens with one attached hydrogen (secondary N) is 1. The summed E-state index contributed by atoms with van der Waals surface area (Å²) in [4.78, 5) is 21.2. The number of ether oxygens (including phenoxy) is 2. The van der Waals surface area contributed by atoms with Crippen molar-refractivity contribution in [3.8, 4) is 11.5 Å². The number of carbonyl (C=O) groups excluding carboxylic acids is 1. The van der Waals surface area contributed by atoms with Crippen molar-refractivity contribution in [3.05, 3.63) is 47.8 Å². The van der Waals surface area contributed by atoms with E-state index in [4.69, 9.17) is 9.47 Å². The molecule has 2 aromatic rings. The lowest BCUT2D eigenvalue weighted by molar-refractivity contribution is 0.0938. The van der Waals surface area contributed by atoms with Crippen LogP contribution in [0.5, 0.6) is 11.5 Å². The summed E-state index contributed by atoms with van der Waals surface area (Å²) in [6.07, 6.45) is 1.71. The summed E-state index contributed by atoms with van der Waals surface area (Å²) in [5.41, 5.74) is 2.75. The molecule has 2 aliphatic heterocycles. The van der Waals surface area contributed by atoms with Gasteiger partial charge in [0, 0.05) is 50.6 Å². The Hall–Kier alpha value is -2.80. The standard InChI is InChI=1S/C21H26N4O3/c1-15(2)23-21(26)18-12-17(5-6-22-18)25-9-7-24(8-10-25)13-16-3-4-19-20(11-16)28-14-27-19/h3-6,11-12,15H,7-10,13-14H2,1-2H3,(H,23,26). The SMILES string of the molecule is CC(C)NC(=O)c1cc(N2CCN(Cc3ccc4c(c3)OCO4)CC2)ccn1. The van der Waals surface area contributed by atoms with Gasteiger partial charge < -0.3 is 19.7 Å². The van der Waals surface area contributed by atoms with E-state index in [1.807, 2.05) is 32.0 Å². The molecule has 3 heterocycles. The van der Waals surface area contributed by atoms with Gasteiger partial charge in [0.1, 0.15) is 5.69 Å². The summed E-state index contributed by atoms with van der Waals surface area (Å²) in [6, 6.07) is 10.1. The molecule has 0 saturated carbocycles. The lowest BCUT2D eigenvalue weighted by atomic mass is 10.1. The molecule has 0 radical (unpaired) electrons. The number of aromatic nitrogens is 1. The number of rotatable bonds is 5. The first-order valence-corrected chi connectivity index (χ1v) is 9.71. The zero-order chi connectivity index (χ0) is 19.5. The van der Waals surface area contributed by atoms with Gasteiger partial charge in [-0.25, -0.2) is 0 Å². The largest absolute Gasteiger partial charge is 0.454 e. The van der Waals surface area contributed by atoms with Gasteiger partial charge in [0.2, 0.25) is 6.79 Å². The third-order valence-electron chi connectivity index (χ3n) is 4.98. The van der Waals surface area contributed by atoms with Crippen LogP contribution in [-0.2, 0) is 6.54 Å². The minimum atomic E-state index is -0.127. The maximum atomic E-state index is 12.2. The van der Waals surface area contributed by atoms with Gasteiger partial charge in [-0.1, -0.05) is 6.07 Å². The molecule has 0 unspecified atom stereocenters. The van der Waals surface area contributed by atoms with E-state index in [0.29, 0.717) is 12.5 Å². The molecule has 1 saturated heterocycles. The number of piperazine rings is 1. The zero-order valence-electron chi connectivity index (χ0n) is 16.4. The highest BCUT2D eigenvalue weighted by Gasteiger charge is 2.20. The van der Waals surface area contributed by atoms with Gasteiger partial charge >= 0.3 is 0 Å². The van der Waals surface area contributed by atoms with Crippen LogP contribution in [0.3, 0.4) is 0 Å². The molecule has 28 heavy (non-hydrogen) atoms. The summed E-state index contributed by atoms with van der Waals surface area (Å²) in [6.45, 7) is 8.85. The number of amides is 1. The molecule has 1 aromatic carbocycles. The van der Waals surface area contributed by atoms with Gasteiger partial charge in [-0.2, -0.15) is 0 Å². The number of hydrogen-bond acceptors (Lipinski definition) is 6. The molecule has 1 fully saturated rings. The van der Waals surface area contributed by atoms with E-state index in [-0.39, 0.29) is 11.9 Å². The number of carbonyl (C=O) groups is 1. The van der Waals surface area contributed by atoms with Crippen LogP contribution in [0.2, 0.25) is 0 Å². The van der Waals surface area contributed by atoms with Crippen molar-refractivity contribution in [1.29, 1.82) is 0 Å². The third-order valence-corrected chi connectivity index (χ3v) is 4.98. The number of anilines is 1. The van der Waals surface area contributed by atoms with Crippen LogP contribution in [-0.4, -0.2) is 54.8 Å². The van der Waals surface area contributed by atoms with Gasteiger partial charge in [-0.15, -0.1) is 0 Å². The third kappa shape index (κ3) is 4.20. The van der Waals surface area contributed by atoms with Gasteiger partial charge in [0.05, 0.1) is 0 Å². The first-order valence-electron chi connectivity index (χ1n) is 9.71. The number of benzene rings is 1. The Labute approximate surface area is 165 Å². The molecule has 7 nitrogen and oxygen atoms in total. The van der Waals surface area contributed by atoms with Gasteiger partial charge in [0.25, 0.3) is 5.91 Å². The fraction of sp³-hybridized carbons (Fsp3) is 0.429. The van der Waals surface area contributed by atoms with Crippen molar-refractivity contribution in [2.75, 3.05) is 37.9 Å². The maximum absolute atomic E-state index is 12.2. The van der Waals surface area contributed by atoms with Crippen molar-refractivity contribution in [2.24, 2.45) is 0 Å². The van der Waals surface area contributed by atoms with Crippen LogP contribution in [0.15, 0.2) is 36.5 Å². The van der Waals surface area contributed by atoms with Crippen LogP contribution < -0.4 is 19.7 Å². The van der Waals surface area contributed by atoms with Crippen molar-refractivity contribution in [1.82, 2.24) is 15.2 Å². The first kappa shape index (κ1) is 18.6. The smallest absolute Gasteiger partial charge is 0.270 e. The monoisotopic (exact) mass is 382 g/mol. The quantitative estimate of drug-likeness (QED) is 0.856. The van der Waals surface area contributed by atoms with Gasteiger partial charge in [-0.05, 0) is 43.7 Å². The van der Waals surface area contributed by atoms with Gasteiger partial charge in [-0.3, -0.25) is 14.7 Å². The van der Waals surface area contributed by atoms with E-state index in [2.05, 4.69) is 32.2 Å². The molecule has 0 spiro atoms. The maximum Gasteiger partial charge on any atom is 0.270 e. The Kier molecular flexibility index (Phi) is 5.34. The van der Waals surface area contributed by atoms with Crippen molar-refractivity contribution in [3.63, 3.8) is 0 Å². The lowest BCUT2D eigenvalue weighted by Crippen LogP contribution is -2.46. The highest BCUT2D eigenvalue weighted by Crippen LogP contribution is 2.33. The molecule has 2 aliphatic rings. The fourth-order valence-corrected chi connectivity index (χ4v) is 3.54. The van der Waals surface area contributed by atoms with E-state index < -0.39 is 0 Å². The Morgan fingerprint density at radius 1 is 1.11 bits per heavy atom. The summed E-state index contributed by atoms with van der Waals surface area (Å²) < 4.78 is 10.8. The zero-order valence-corrected chi connectivity index (χ0v) is 16.4. The summed E-state index contributed by atoms with van der Waals surface area (Å²) >= 11 is 0. The van der Waals surface area contributed by atoms with E-state index in [1.165, 1.54) is 5.56 Å². The van der Waals surface area contributed by atoms with E-state index >= 15 is 0 Å². The number of nitrogens with zero attached hydrogens (tertiary/aromatic N) is 3. The van der Waals surface area contributed by atoms with E-state index in [1.54, 1.807) is 6.20 Å². The van der Waals surface area contributed by atoms with Crippen LogP contribution in [0.4, 0.5) is 5.69 Å². The van der Waals surface area contributed by atoms with Crippen LogP contribution >= 0.6 is 0 Å². The summed E-state index contributed by atoms with van der Waals surface area (Å²) in [5.74, 6) is 1.53. The van der Waals surface area contributed by atoms with E-state index in [9.17, 15) is 4.79 Å². The normalized spacial score (nSPS) is 16.5. The molecule has 0 atom stereocenters. The molecule has 148 valence electrons. The lowest BCUT2D eigenvalue weighted by Gasteiger charge is -2.36. The highest BCUT2D eigenvalue weighted by molar-refractivity contribution is 5.93. The molecular weight excluding hydrogens is 356 g/mol. The Bertz CT molecular complexity index is 847. The first-order chi connectivity index (χ1) is 13.6. The number of fused-ring (bicyclic) bond motifs is 1. The van der Waals surface area contributed by atoms with Crippen LogP contribution in [0.25, 0.3) is 0 Å². The topological polar surface area (TPSA) is 66.9 Å². The van der Waals surface area contributed by atoms with Crippen molar-refractivity contribution < 1.29 is 14.3 Å². The second-order valence-corrected chi connectivity index (χ2v) is 7.48. The average molecular weight is 382 g/mol. The van der Waals surface area contributed by atoms with Gasteiger partial charge in [0.15, 0.2) is 11.5 Å². The predicted molar refractivity (Wildman–Crippen MR) is 107 cm³/mol. The molecule has 1 N–H and O–H groups in total. The second kappa shape index (κ2) is 8.06. The minimum Gasteiger partial charge on any atom is -0.454 e. The predicted octanol–water partition coefficient (Wildman–Crippen LogP) is 2.27. The second-order valence-electron chi connectivity index (χ2n) is 7.48. The Balaban J connectivity index is 1.34. The number of hydrogen-bond donors (Lipinski definition) is 1. The van der Waals surface area contributed by atoms with Crippen LogP contribution in [0, 0.1) is 0 Å². The number of pyridine rings is 1.